The van der Waals surface area contributed by atoms with Gasteiger partial charge in [-0.1, -0.05) is 18.2 Å². The lowest BCUT2D eigenvalue weighted by Gasteiger charge is -2.12. The molecule has 25 heavy (non-hydrogen) atoms. The van der Waals surface area contributed by atoms with Gasteiger partial charge >= 0.3 is 0 Å². The third kappa shape index (κ3) is 3.80. The zero-order chi connectivity index (χ0) is 17.8. The number of nitrogens with one attached hydrogen (secondary N) is 1. The van der Waals surface area contributed by atoms with Crippen LogP contribution >= 0.6 is 0 Å². The minimum Gasteiger partial charge on any atom is -0.497 e. The van der Waals surface area contributed by atoms with Crippen LogP contribution in [-0.4, -0.2) is 28.6 Å². The first-order valence-corrected chi connectivity index (χ1v) is 8.26. The van der Waals surface area contributed by atoms with Crippen LogP contribution in [0.15, 0.2) is 48.5 Å². The van der Waals surface area contributed by atoms with Gasteiger partial charge in [-0.3, -0.25) is 14.7 Å². The van der Waals surface area contributed by atoms with Crippen LogP contribution in [0.25, 0.3) is 16.7 Å². The average molecular weight is 338 g/mol. The number of para-hydroxylation sites is 2. The Balaban J connectivity index is 2.01. The fourth-order valence-corrected chi connectivity index (χ4v) is 2.67. The second-order valence-electron chi connectivity index (χ2n) is 6.03. The van der Waals surface area contributed by atoms with Crippen LogP contribution in [0.1, 0.15) is 19.8 Å². The van der Waals surface area contributed by atoms with E-state index in [1.54, 1.807) is 7.11 Å². The van der Waals surface area contributed by atoms with Crippen LogP contribution in [0.3, 0.4) is 0 Å². The van der Waals surface area contributed by atoms with Crippen LogP contribution in [-0.2, 0) is 4.79 Å². The SMILES string of the molecule is COc1cccc(-n2c(NC(=O)CCC(C)N)nc3ccccc32)c1. The minimum atomic E-state index is -0.100. The number of nitrogens with zero attached hydrogens (tertiary/aromatic N) is 2. The maximum Gasteiger partial charge on any atom is 0.226 e. The lowest BCUT2D eigenvalue weighted by molar-refractivity contribution is -0.116. The zero-order valence-corrected chi connectivity index (χ0v) is 14.4. The van der Waals surface area contributed by atoms with E-state index in [1.165, 1.54) is 0 Å². The third-order valence-electron chi connectivity index (χ3n) is 3.95. The number of ether oxygens (including phenoxy) is 1. The molecule has 3 aromatic rings. The Hall–Kier alpha value is -2.86. The van der Waals surface area contributed by atoms with Gasteiger partial charge < -0.3 is 10.5 Å². The van der Waals surface area contributed by atoms with E-state index < -0.39 is 0 Å². The summed E-state index contributed by atoms with van der Waals surface area (Å²) in [6.45, 7) is 1.89. The Kier molecular flexibility index (Phi) is 5.00. The summed E-state index contributed by atoms with van der Waals surface area (Å²) in [4.78, 5) is 16.8. The Morgan fingerprint density at radius 2 is 2.08 bits per heavy atom. The predicted octanol–water partition coefficient (Wildman–Crippen LogP) is 3.10. The van der Waals surface area contributed by atoms with Crippen molar-refractivity contribution in [2.75, 3.05) is 12.4 Å². The molecule has 2 aromatic carbocycles. The van der Waals surface area contributed by atoms with E-state index in [1.807, 2.05) is 60.0 Å². The number of hydrogen-bond donors (Lipinski definition) is 2. The molecule has 0 saturated heterocycles. The molecular formula is C19H22N4O2. The van der Waals surface area contributed by atoms with E-state index in [4.69, 9.17) is 10.5 Å². The topological polar surface area (TPSA) is 82.2 Å². The monoisotopic (exact) mass is 338 g/mol. The summed E-state index contributed by atoms with van der Waals surface area (Å²) in [5, 5.41) is 2.91. The lowest BCUT2D eigenvalue weighted by Crippen LogP contribution is -2.20. The normalized spacial score (nSPS) is 12.1. The minimum absolute atomic E-state index is 0.0112. The van der Waals surface area contributed by atoms with Crippen molar-refractivity contribution in [1.82, 2.24) is 9.55 Å². The lowest BCUT2D eigenvalue weighted by atomic mass is 10.2. The highest BCUT2D eigenvalue weighted by atomic mass is 16.5. The first-order valence-electron chi connectivity index (χ1n) is 8.26. The molecule has 1 heterocycles. The first kappa shape index (κ1) is 17.0. The second kappa shape index (κ2) is 7.36. The molecule has 1 aromatic heterocycles. The highest BCUT2D eigenvalue weighted by molar-refractivity contribution is 5.92. The van der Waals surface area contributed by atoms with Crippen molar-refractivity contribution in [3.05, 3.63) is 48.5 Å². The van der Waals surface area contributed by atoms with E-state index in [9.17, 15) is 4.79 Å². The molecule has 1 amide bonds. The quantitative estimate of drug-likeness (QED) is 0.723. The zero-order valence-electron chi connectivity index (χ0n) is 14.4. The number of fused-ring (bicyclic) bond motifs is 1. The maximum absolute atomic E-state index is 12.3. The van der Waals surface area contributed by atoms with Gasteiger partial charge in [-0.05, 0) is 37.6 Å². The molecule has 3 N–H and O–H groups in total. The summed E-state index contributed by atoms with van der Waals surface area (Å²) in [7, 11) is 1.63. The van der Waals surface area contributed by atoms with Crippen LogP contribution < -0.4 is 15.8 Å². The van der Waals surface area contributed by atoms with Crippen LogP contribution in [0.4, 0.5) is 5.95 Å². The van der Waals surface area contributed by atoms with E-state index in [-0.39, 0.29) is 11.9 Å². The van der Waals surface area contributed by atoms with Gasteiger partial charge in [-0.2, -0.15) is 0 Å². The molecule has 6 heteroatoms. The van der Waals surface area contributed by atoms with Gasteiger partial charge in [0.1, 0.15) is 5.75 Å². The molecule has 0 fully saturated rings. The molecule has 0 radical (unpaired) electrons. The summed E-state index contributed by atoms with van der Waals surface area (Å²) >= 11 is 0. The number of rotatable bonds is 6. The highest BCUT2D eigenvalue weighted by Crippen LogP contribution is 2.26. The number of anilines is 1. The summed E-state index contributed by atoms with van der Waals surface area (Å²) < 4.78 is 7.23. The van der Waals surface area contributed by atoms with Gasteiger partial charge in [-0.25, -0.2) is 4.98 Å². The number of carbonyl (C=O) groups is 1. The van der Waals surface area contributed by atoms with Gasteiger partial charge in [0.05, 0.1) is 23.8 Å². The molecule has 0 spiro atoms. The summed E-state index contributed by atoms with van der Waals surface area (Å²) in [6.07, 6.45) is 0.990. The second-order valence-corrected chi connectivity index (χ2v) is 6.03. The largest absolute Gasteiger partial charge is 0.497 e. The average Bonchev–Trinajstić information content (AvgIpc) is 2.97. The van der Waals surface area contributed by atoms with Crippen molar-refractivity contribution in [2.24, 2.45) is 5.73 Å². The number of hydrogen-bond acceptors (Lipinski definition) is 4. The number of amides is 1. The van der Waals surface area contributed by atoms with Gasteiger partial charge in [0.2, 0.25) is 11.9 Å². The van der Waals surface area contributed by atoms with Crippen molar-refractivity contribution >= 4 is 22.9 Å². The summed E-state index contributed by atoms with van der Waals surface area (Å²) in [6, 6.07) is 15.4. The molecule has 130 valence electrons. The maximum atomic E-state index is 12.3. The van der Waals surface area contributed by atoms with E-state index in [0.717, 1.165) is 22.5 Å². The summed E-state index contributed by atoms with van der Waals surface area (Å²) in [5.41, 5.74) is 8.33. The standard InChI is InChI=1S/C19H22N4O2/c1-13(20)10-11-18(24)22-19-21-16-8-3-4-9-17(16)23(19)14-6-5-7-15(12-14)25-2/h3-9,12-13H,10-11,20H2,1-2H3,(H,21,22,24). The Bertz CT molecular complexity index is 886. The number of carbonyl (C=O) groups excluding carboxylic acids is 1. The summed E-state index contributed by atoms with van der Waals surface area (Å²) in [5.74, 6) is 1.13. The molecule has 0 saturated carbocycles. The van der Waals surface area contributed by atoms with E-state index >= 15 is 0 Å². The Labute approximate surface area is 146 Å². The highest BCUT2D eigenvalue weighted by Gasteiger charge is 2.15. The van der Waals surface area contributed by atoms with Crippen LogP contribution in [0, 0.1) is 0 Å². The van der Waals surface area contributed by atoms with E-state index in [0.29, 0.717) is 18.8 Å². The molecule has 1 atom stereocenters. The first-order chi connectivity index (χ1) is 12.1. The van der Waals surface area contributed by atoms with Crippen LogP contribution in [0.5, 0.6) is 5.75 Å². The Morgan fingerprint density at radius 1 is 1.28 bits per heavy atom. The molecule has 0 aliphatic rings. The molecule has 0 bridgehead atoms. The molecular weight excluding hydrogens is 316 g/mol. The number of methoxy groups -OCH3 is 1. The smallest absolute Gasteiger partial charge is 0.226 e. The number of imidazole rings is 1. The third-order valence-corrected chi connectivity index (χ3v) is 3.95. The molecule has 3 rings (SSSR count). The van der Waals surface area contributed by atoms with Crippen molar-refractivity contribution in [1.29, 1.82) is 0 Å². The van der Waals surface area contributed by atoms with E-state index in [2.05, 4.69) is 10.3 Å². The molecule has 1 unspecified atom stereocenters. The van der Waals surface area contributed by atoms with Crippen molar-refractivity contribution in [3.63, 3.8) is 0 Å². The van der Waals surface area contributed by atoms with Crippen molar-refractivity contribution in [3.8, 4) is 11.4 Å². The molecule has 0 aliphatic heterocycles. The molecule has 0 aliphatic carbocycles. The van der Waals surface area contributed by atoms with Crippen molar-refractivity contribution < 1.29 is 9.53 Å². The van der Waals surface area contributed by atoms with Gasteiger partial charge in [0.15, 0.2) is 0 Å². The van der Waals surface area contributed by atoms with Crippen molar-refractivity contribution in [2.45, 2.75) is 25.8 Å². The van der Waals surface area contributed by atoms with Gasteiger partial charge in [0.25, 0.3) is 0 Å². The van der Waals surface area contributed by atoms with Gasteiger partial charge in [-0.15, -0.1) is 0 Å². The number of nitrogens with two attached hydrogens (primary N) is 1. The predicted molar refractivity (Wildman–Crippen MR) is 99.1 cm³/mol. The number of benzene rings is 2. The fourth-order valence-electron chi connectivity index (χ4n) is 2.67. The fraction of sp³-hybridized carbons (Fsp3) is 0.263. The van der Waals surface area contributed by atoms with Gasteiger partial charge in [0, 0.05) is 18.5 Å². The Morgan fingerprint density at radius 3 is 2.84 bits per heavy atom. The molecule has 6 nitrogen and oxygen atoms in total. The number of aromatic nitrogens is 2. The van der Waals surface area contributed by atoms with Crippen LogP contribution in [0.2, 0.25) is 0 Å².